The molecule has 0 aromatic carbocycles. The summed E-state index contributed by atoms with van der Waals surface area (Å²) in [5, 5.41) is 8.65. The van der Waals surface area contributed by atoms with Crippen LogP contribution in [0.25, 0.3) is 0 Å². The summed E-state index contributed by atoms with van der Waals surface area (Å²) in [7, 11) is -3.78. The Labute approximate surface area is 114 Å². The van der Waals surface area contributed by atoms with Crippen LogP contribution in [0.5, 0.6) is 0 Å². The number of hydrogen-bond acceptors (Lipinski definition) is 5. The number of rotatable bonds is 5. The molecule has 0 unspecified atom stereocenters. The topological polar surface area (TPSA) is 90.0 Å². The van der Waals surface area contributed by atoms with Crippen LogP contribution in [0.2, 0.25) is 0 Å². The summed E-state index contributed by atoms with van der Waals surface area (Å²) >= 11 is 0. The molecule has 0 saturated carbocycles. The van der Waals surface area contributed by atoms with E-state index in [1.165, 1.54) is 23.6 Å². The van der Waals surface area contributed by atoms with Crippen LogP contribution in [0.4, 0.5) is 0 Å². The van der Waals surface area contributed by atoms with Crippen molar-refractivity contribution in [3.05, 3.63) is 0 Å². The molecule has 0 aliphatic carbocycles. The van der Waals surface area contributed by atoms with Gasteiger partial charge in [0, 0.05) is 26.2 Å². The number of sulfonamides is 1. The molecule has 8 heteroatoms. The van der Waals surface area contributed by atoms with Gasteiger partial charge in [0.15, 0.2) is 4.75 Å². The zero-order valence-corrected chi connectivity index (χ0v) is 12.5. The smallest absolute Gasteiger partial charge is 0.265 e. The minimum absolute atomic E-state index is 0.379. The third-order valence-electron chi connectivity index (χ3n) is 3.50. The predicted octanol–water partition coefficient (Wildman–Crippen LogP) is -0.372. The second kappa shape index (κ2) is 6.17. The first-order chi connectivity index (χ1) is 8.77. The van der Waals surface area contributed by atoms with Crippen molar-refractivity contribution in [2.45, 2.75) is 31.9 Å². The first-order valence-electron chi connectivity index (χ1n) is 6.44. The van der Waals surface area contributed by atoms with E-state index in [0.29, 0.717) is 26.2 Å². The normalized spacial score (nSPS) is 19.4. The molecule has 0 bridgehead atoms. The molecule has 0 spiro atoms. The maximum atomic E-state index is 12.4. The monoisotopic (exact) mass is 293 g/mol. The van der Waals surface area contributed by atoms with E-state index in [1.807, 2.05) is 0 Å². The summed E-state index contributed by atoms with van der Waals surface area (Å²) in [6, 6.07) is 0. The largest absolute Gasteiger partial charge is 0.301 e. The van der Waals surface area contributed by atoms with Gasteiger partial charge >= 0.3 is 0 Å². The standard InChI is InChI=1S/C11H23N3O4S/c1-4-5-13-6-8-14(9-7-13)19(17,18)11(2,3)10(15)12-16/h16H,4-9H2,1-3H3,(H,12,15). The molecule has 112 valence electrons. The fraction of sp³-hybridized carbons (Fsp3) is 0.909. The van der Waals surface area contributed by atoms with Crippen molar-refractivity contribution in [2.75, 3.05) is 32.7 Å². The van der Waals surface area contributed by atoms with Crippen LogP contribution in [0.3, 0.4) is 0 Å². The lowest BCUT2D eigenvalue weighted by molar-refractivity contribution is -0.131. The third-order valence-corrected chi connectivity index (χ3v) is 6.02. The van der Waals surface area contributed by atoms with Crippen molar-refractivity contribution < 1.29 is 18.4 Å². The fourth-order valence-corrected chi connectivity index (χ4v) is 3.65. The molecule has 0 atom stereocenters. The van der Waals surface area contributed by atoms with Crippen LogP contribution in [0.15, 0.2) is 0 Å². The Morgan fingerprint density at radius 1 is 1.26 bits per heavy atom. The number of hydroxylamine groups is 1. The predicted molar refractivity (Wildman–Crippen MR) is 71.2 cm³/mol. The Balaban J connectivity index is 2.78. The molecule has 1 fully saturated rings. The highest BCUT2D eigenvalue weighted by molar-refractivity contribution is 7.91. The minimum atomic E-state index is -3.78. The second-order valence-electron chi connectivity index (χ2n) is 5.20. The van der Waals surface area contributed by atoms with E-state index in [1.54, 1.807) is 0 Å². The SMILES string of the molecule is CCCN1CCN(S(=O)(=O)C(C)(C)C(=O)NO)CC1. The average molecular weight is 293 g/mol. The zero-order valence-electron chi connectivity index (χ0n) is 11.7. The van der Waals surface area contributed by atoms with Crippen LogP contribution in [-0.4, -0.2) is 66.2 Å². The molecule has 1 aliphatic rings. The summed E-state index contributed by atoms with van der Waals surface area (Å²) < 4.78 is 24.5. The van der Waals surface area contributed by atoms with E-state index >= 15 is 0 Å². The molecule has 1 heterocycles. The van der Waals surface area contributed by atoms with Crippen molar-refractivity contribution >= 4 is 15.9 Å². The Hall–Kier alpha value is -0.700. The Bertz CT molecular complexity index is 414. The Morgan fingerprint density at radius 3 is 2.21 bits per heavy atom. The van der Waals surface area contributed by atoms with Gasteiger partial charge in [-0.3, -0.25) is 10.0 Å². The number of carbonyl (C=O) groups is 1. The number of nitrogens with zero attached hydrogens (tertiary/aromatic N) is 2. The number of nitrogens with one attached hydrogen (secondary N) is 1. The fourth-order valence-electron chi connectivity index (χ4n) is 2.08. The number of hydrogen-bond donors (Lipinski definition) is 2. The quantitative estimate of drug-likeness (QED) is 0.533. The maximum Gasteiger partial charge on any atom is 0.265 e. The van der Waals surface area contributed by atoms with Gasteiger partial charge in [-0.1, -0.05) is 6.92 Å². The molecule has 7 nitrogen and oxygen atoms in total. The van der Waals surface area contributed by atoms with Gasteiger partial charge in [0.05, 0.1) is 0 Å². The highest BCUT2D eigenvalue weighted by atomic mass is 32.2. The maximum absolute atomic E-state index is 12.4. The van der Waals surface area contributed by atoms with Crippen LogP contribution < -0.4 is 5.48 Å². The van der Waals surface area contributed by atoms with Crippen LogP contribution >= 0.6 is 0 Å². The second-order valence-corrected chi connectivity index (χ2v) is 7.68. The third kappa shape index (κ3) is 3.25. The van der Waals surface area contributed by atoms with E-state index in [0.717, 1.165) is 13.0 Å². The van der Waals surface area contributed by atoms with Gasteiger partial charge in [-0.15, -0.1) is 0 Å². The van der Waals surface area contributed by atoms with Gasteiger partial charge in [-0.25, -0.2) is 13.9 Å². The summed E-state index contributed by atoms with van der Waals surface area (Å²) in [6.45, 7) is 7.73. The first kappa shape index (κ1) is 16.4. The zero-order chi connectivity index (χ0) is 14.7. The lowest BCUT2D eigenvalue weighted by Gasteiger charge is -2.37. The number of amides is 1. The van der Waals surface area contributed by atoms with Gasteiger partial charge < -0.3 is 4.90 Å². The molecule has 19 heavy (non-hydrogen) atoms. The lowest BCUT2D eigenvalue weighted by atomic mass is 10.2. The van der Waals surface area contributed by atoms with Gasteiger partial charge in [0.1, 0.15) is 0 Å². The van der Waals surface area contributed by atoms with Gasteiger partial charge in [0.2, 0.25) is 10.0 Å². The molecule has 0 aromatic rings. The highest BCUT2D eigenvalue weighted by Crippen LogP contribution is 2.22. The van der Waals surface area contributed by atoms with E-state index < -0.39 is 20.7 Å². The first-order valence-corrected chi connectivity index (χ1v) is 7.88. The van der Waals surface area contributed by atoms with Crippen LogP contribution in [0, 0.1) is 0 Å². The molecular formula is C11H23N3O4S. The van der Waals surface area contributed by atoms with Crippen molar-refractivity contribution in [2.24, 2.45) is 0 Å². The highest BCUT2D eigenvalue weighted by Gasteiger charge is 2.46. The molecule has 1 aliphatic heterocycles. The average Bonchev–Trinajstić information content (AvgIpc) is 2.38. The van der Waals surface area contributed by atoms with Crippen LogP contribution in [0.1, 0.15) is 27.2 Å². The van der Waals surface area contributed by atoms with Gasteiger partial charge in [-0.2, -0.15) is 4.31 Å². The summed E-state index contributed by atoms with van der Waals surface area (Å²) in [5.41, 5.74) is 1.42. The van der Waals surface area contributed by atoms with E-state index in [4.69, 9.17) is 5.21 Å². The molecule has 0 aromatic heterocycles. The molecular weight excluding hydrogens is 270 g/mol. The van der Waals surface area contributed by atoms with E-state index in [-0.39, 0.29) is 0 Å². The molecule has 1 amide bonds. The minimum Gasteiger partial charge on any atom is -0.301 e. The Morgan fingerprint density at radius 2 is 1.79 bits per heavy atom. The summed E-state index contributed by atoms with van der Waals surface area (Å²) in [4.78, 5) is 13.7. The lowest BCUT2D eigenvalue weighted by Crippen LogP contribution is -2.57. The number of carbonyl (C=O) groups excluding carboxylic acids is 1. The molecule has 2 N–H and O–H groups in total. The van der Waals surface area contributed by atoms with Crippen molar-refractivity contribution in [1.29, 1.82) is 0 Å². The van der Waals surface area contributed by atoms with Crippen molar-refractivity contribution in [3.63, 3.8) is 0 Å². The van der Waals surface area contributed by atoms with Crippen molar-refractivity contribution in [1.82, 2.24) is 14.7 Å². The number of piperazine rings is 1. The van der Waals surface area contributed by atoms with E-state index in [9.17, 15) is 13.2 Å². The molecule has 0 radical (unpaired) electrons. The Kier molecular flexibility index (Phi) is 5.31. The molecule has 1 rings (SSSR count). The van der Waals surface area contributed by atoms with Gasteiger partial charge in [-0.05, 0) is 26.8 Å². The summed E-state index contributed by atoms with van der Waals surface area (Å²) in [5.74, 6) is -0.913. The van der Waals surface area contributed by atoms with Gasteiger partial charge in [0.25, 0.3) is 5.91 Å². The van der Waals surface area contributed by atoms with Crippen LogP contribution in [-0.2, 0) is 14.8 Å². The molecule has 1 saturated heterocycles. The van der Waals surface area contributed by atoms with Crippen molar-refractivity contribution in [3.8, 4) is 0 Å². The van der Waals surface area contributed by atoms with E-state index in [2.05, 4.69) is 11.8 Å². The summed E-state index contributed by atoms with van der Waals surface area (Å²) in [6.07, 6.45) is 1.03.